The molecule has 0 radical (unpaired) electrons. The Balaban J connectivity index is 2.60. The van der Waals surface area contributed by atoms with Crippen LogP contribution in [-0.2, 0) is 23.5 Å². The number of nitrogens with zero attached hydrogens (tertiary/aromatic N) is 1. The van der Waals surface area contributed by atoms with Gasteiger partial charge < -0.3 is 9.66 Å². The van der Waals surface area contributed by atoms with Crippen LogP contribution in [0.2, 0.25) is 5.02 Å². The summed E-state index contributed by atoms with van der Waals surface area (Å²) in [5.74, 6) is -1.83. The molecule has 0 saturated heterocycles. The lowest BCUT2D eigenvalue weighted by Gasteiger charge is -2.35. The number of aliphatic hydroxyl groups excluding tert-OH is 1. The molecule has 0 spiro atoms. The van der Waals surface area contributed by atoms with E-state index in [-0.39, 0.29) is 12.2 Å². The van der Waals surface area contributed by atoms with E-state index >= 15 is 0 Å². The van der Waals surface area contributed by atoms with E-state index in [1.54, 1.807) is 39.8 Å². The predicted octanol–water partition coefficient (Wildman–Crippen LogP) is 3.82. The normalized spacial score (nSPS) is 15.6. The number of hydrogen-bond acceptors (Lipinski definition) is 4. The van der Waals surface area contributed by atoms with Crippen molar-refractivity contribution < 1.29 is 18.4 Å². The van der Waals surface area contributed by atoms with E-state index in [4.69, 9.17) is 11.6 Å². The zero-order chi connectivity index (χ0) is 19.7. The zero-order valence-electron chi connectivity index (χ0n) is 14.9. The number of halogens is 3. The van der Waals surface area contributed by atoms with Crippen LogP contribution >= 0.6 is 11.6 Å². The van der Waals surface area contributed by atoms with Crippen molar-refractivity contribution in [2.75, 3.05) is 0 Å². The highest BCUT2D eigenvalue weighted by atomic mass is 35.5. The highest BCUT2D eigenvalue weighted by Gasteiger charge is 2.40. The first-order chi connectivity index (χ1) is 12.0. The fourth-order valence-corrected chi connectivity index (χ4v) is 3.26. The minimum Gasteiger partial charge on any atom is -0.598 e. The first kappa shape index (κ1) is 21.1. The van der Waals surface area contributed by atoms with Crippen molar-refractivity contribution in [3.8, 4) is 0 Å². The molecule has 4 nitrogen and oxygen atoms in total. The van der Waals surface area contributed by atoms with Gasteiger partial charge in [0.05, 0.1) is 12.3 Å². The van der Waals surface area contributed by atoms with E-state index in [0.29, 0.717) is 11.3 Å². The topological polar surface area (TPSA) is 68.2 Å². The van der Waals surface area contributed by atoms with Gasteiger partial charge in [-0.2, -0.15) is 0 Å². The average molecular weight is 403 g/mol. The van der Waals surface area contributed by atoms with E-state index in [9.17, 15) is 18.4 Å². The Hall–Kier alpha value is -1.25. The van der Waals surface area contributed by atoms with Gasteiger partial charge in [0.1, 0.15) is 26.9 Å². The van der Waals surface area contributed by atoms with Crippen molar-refractivity contribution in [3.63, 3.8) is 0 Å². The third kappa shape index (κ3) is 4.35. The van der Waals surface area contributed by atoms with Gasteiger partial charge in [-0.05, 0) is 57.0 Å². The molecule has 2 atom stereocenters. The van der Waals surface area contributed by atoms with Gasteiger partial charge >= 0.3 is 0 Å². The molecular weight excluding hydrogens is 382 g/mol. The molecule has 142 valence electrons. The smallest absolute Gasteiger partial charge is 0.145 e. The summed E-state index contributed by atoms with van der Waals surface area (Å²) in [4.78, 5) is 4.28. The van der Waals surface area contributed by atoms with Crippen LogP contribution in [0.1, 0.15) is 44.5 Å². The second kappa shape index (κ2) is 7.78. The molecule has 1 heterocycles. The van der Waals surface area contributed by atoms with Crippen LogP contribution in [0.3, 0.4) is 0 Å². The summed E-state index contributed by atoms with van der Waals surface area (Å²) in [5.41, 5.74) is -0.0769. The maximum Gasteiger partial charge on any atom is 0.145 e. The number of rotatable bonds is 5. The van der Waals surface area contributed by atoms with Crippen LogP contribution in [0.4, 0.5) is 8.78 Å². The molecule has 26 heavy (non-hydrogen) atoms. The zero-order valence-corrected chi connectivity index (χ0v) is 16.5. The fourth-order valence-electron chi connectivity index (χ4n) is 2.26. The molecule has 1 aromatic carbocycles. The van der Waals surface area contributed by atoms with Gasteiger partial charge in [-0.15, -0.1) is 4.72 Å². The second-order valence-electron chi connectivity index (χ2n) is 7.07. The maximum absolute atomic E-state index is 14.0. The van der Waals surface area contributed by atoms with Gasteiger partial charge in [-0.25, -0.2) is 8.78 Å². The lowest BCUT2D eigenvalue weighted by molar-refractivity contribution is 0.281. The average Bonchev–Trinajstić information content (AvgIpc) is 2.58. The molecule has 0 aliphatic carbocycles. The lowest BCUT2D eigenvalue weighted by atomic mass is 9.89. The van der Waals surface area contributed by atoms with E-state index in [0.717, 1.165) is 12.1 Å². The number of nitrogens with one attached hydrogen (secondary N) is 1. The minimum atomic E-state index is -1.55. The van der Waals surface area contributed by atoms with Crippen LogP contribution in [0, 0.1) is 11.6 Å². The van der Waals surface area contributed by atoms with Crippen molar-refractivity contribution in [1.82, 2.24) is 9.71 Å². The van der Waals surface area contributed by atoms with Crippen LogP contribution in [0.5, 0.6) is 0 Å². The van der Waals surface area contributed by atoms with E-state index < -0.39 is 38.3 Å². The number of benzene rings is 1. The molecule has 0 unspecified atom stereocenters. The largest absolute Gasteiger partial charge is 0.598 e. The third-order valence-electron chi connectivity index (χ3n) is 3.93. The number of pyridine rings is 1. The lowest BCUT2D eigenvalue weighted by Crippen LogP contribution is -2.51. The minimum absolute atomic E-state index is 0.185. The van der Waals surface area contributed by atoms with Crippen molar-refractivity contribution in [3.05, 3.63) is 63.9 Å². The standard InChI is InChI=1S/C18H21ClF2N2O2S/c1-17(2,3)26(25)23-18(4,15-6-5-11(10-24)9-22-15)12-7-13(20)16(19)14(21)8-12/h5-9,23-24H,10H2,1-4H3/t18-,26+/m0/s1. The molecule has 0 bridgehead atoms. The predicted molar refractivity (Wildman–Crippen MR) is 99.0 cm³/mol. The van der Waals surface area contributed by atoms with Crippen LogP contribution < -0.4 is 4.72 Å². The number of aromatic nitrogens is 1. The van der Waals surface area contributed by atoms with Gasteiger partial charge in [-0.3, -0.25) is 4.98 Å². The Bertz CT molecular complexity index is 761. The summed E-state index contributed by atoms with van der Waals surface area (Å²) in [6, 6.07) is 5.45. The Labute approximate surface area is 159 Å². The summed E-state index contributed by atoms with van der Waals surface area (Å²) in [6.07, 6.45) is 1.46. The first-order valence-electron chi connectivity index (χ1n) is 7.90. The highest BCUT2D eigenvalue weighted by Crippen LogP contribution is 2.34. The van der Waals surface area contributed by atoms with Crippen LogP contribution in [0.15, 0.2) is 30.5 Å². The number of aliphatic hydroxyl groups is 1. The molecule has 8 heteroatoms. The quantitative estimate of drug-likeness (QED) is 0.589. The van der Waals surface area contributed by atoms with Crippen LogP contribution in [0.25, 0.3) is 0 Å². The summed E-state index contributed by atoms with van der Waals surface area (Å²) < 4.78 is 43.1. The first-order valence-corrected chi connectivity index (χ1v) is 9.43. The Morgan fingerprint density at radius 3 is 2.19 bits per heavy atom. The molecule has 2 N–H and O–H groups in total. The van der Waals surface area contributed by atoms with E-state index in [1.807, 2.05) is 0 Å². The summed E-state index contributed by atoms with van der Waals surface area (Å²) in [6.45, 7) is 6.79. The molecule has 0 aliphatic rings. The Kier molecular flexibility index (Phi) is 6.30. The second-order valence-corrected chi connectivity index (χ2v) is 9.42. The van der Waals surface area contributed by atoms with Crippen molar-refractivity contribution in [1.29, 1.82) is 0 Å². The van der Waals surface area contributed by atoms with Gasteiger partial charge in [-0.1, -0.05) is 17.7 Å². The van der Waals surface area contributed by atoms with Crippen molar-refractivity contribution in [2.45, 2.75) is 44.6 Å². The highest BCUT2D eigenvalue weighted by molar-refractivity contribution is 7.90. The van der Waals surface area contributed by atoms with E-state index in [2.05, 4.69) is 9.71 Å². The molecule has 1 aromatic heterocycles. The van der Waals surface area contributed by atoms with Gasteiger partial charge in [0, 0.05) is 17.6 Å². The van der Waals surface area contributed by atoms with Gasteiger partial charge in [0.2, 0.25) is 0 Å². The SMILES string of the molecule is CC(C)(C)[S@@+]([O-])N[C@@](C)(c1cc(F)c(Cl)c(F)c1)c1ccc(CO)cn1. The van der Waals surface area contributed by atoms with Gasteiger partial charge in [0.25, 0.3) is 0 Å². The molecule has 0 aliphatic heterocycles. The Morgan fingerprint density at radius 1 is 1.19 bits per heavy atom. The maximum atomic E-state index is 14.0. The molecule has 0 fully saturated rings. The summed E-state index contributed by atoms with van der Waals surface area (Å²) >= 11 is 4.04. The van der Waals surface area contributed by atoms with Crippen molar-refractivity contribution in [2.24, 2.45) is 0 Å². The third-order valence-corrected chi connectivity index (χ3v) is 6.00. The summed E-state index contributed by atoms with van der Waals surface area (Å²) in [5, 5.41) is 8.59. The molecule has 2 aromatic rings. The molecule has 0 amide bonds. The van der Waals surface area contributed by atoms with Crippen LogP contribution in [-0.4, -0.2) is 19.4 Å². The van der Waals surface area contributed by atoms with E-state index in [1.165, 1.54) is 6.20 Å². The fraction of sp³-hybridized carbons (Fsp3) is 0.389. The summed E-state index contributed by atoms with van der Waals surface area (Å²) in [7, 11) is 0. The molecule has 0 saturated carbocycles. The number of hydrogen-bond donors (Lipinski definition) is 2. The van der Waals surface area contributed by atoms with Crippen molar-refractivity contribution >= 4 is 23.0 Å². The monoisotopic (exact) mass is 402 g/mol. The Morgan fingerprint density at radius 2 is 1.77 bits per heavy atom. The molecule has 2 rings (SSSR count). The van der Waals surface area contributed by atoms with Gasteiger partial charge in [0.15, 0.2) is 0 Å². The molecular formula is C18H21ClF2N2O2S.